The molecule has 1 unspecified atom stereocenters. The first-order chi connectivity index (χ1) is 8.43. The van der Waals surface area contributed by atoms with Crippen molar-refractivity contribution < 1.29 is 23.4 Å². The van der Waals surface area contributed by atoms with E-state index in [0.717, 1.165) is 0 Å². The van der Waals surface area contributed by atoms with Gasteiger partial charge in [0.25, 0.3) is 0 Å². The summed E-state index contributed by atoms with van der Waals surface area (Å²) in [7, 11) is -3.43. The first kappa shape index (κ1) is 14.7. The van der Waals surface area contributed by atoms with Crippen LogP contribution in [0.15, 0.2) is 24.3 Å². The van der Waals surface area contributed by atoms with E-state index >= 15 is 0 Å². The Morgan fingerprint density at radius 3 is 2.44 bits per heavy atom. The second-order valence-electron chi connectivity index (χ2n) is 3.87. The molecule has 7 heteroatoms. The van der Waals surface area contributed by atoms with E-state index < -0.39 is 28.3 Å². The number of hydrogen-bond acceptors (Lipinski definition) is 6. The number of sulfone groups is 1. The molecule has 1 aromatic rings. The number of ether oxygens (including phenoxy) is 1. The Morgan fingerprint density at radius 2 is 1.89 bits per heavy atom. The topological polar surface area (TPSA) is 110 Å². The molecule has 0 heterocycles. The number of aliphatic hydroxyl groups excluding tert-OH is 2. The molecule has 1 atom stereocenters. The Balaban J connectivity index is 2.39. The van der Waals surface area contributed by atoms with Gasteiger partial charge in [0, 0.05) is 5.69 Å². The normalized spacial score (nSPS) is 13.2. The lowest BCUT2D eigenvalue weighted by atomic mass is 10.3. The van der Waals surface area contributed by atoms with E-state index in [-0.39, 0.29) is 12.4 Å². The average molecular weight is 275 g/mol. The summed E-state index contributed by atoms with van der Waals surface area (Å²) in [5.41, 5.74) is 6.09. The predicted octanol–water partition coefficient (Wildman–Crippen LogP) is -0.584. The number of nitrogens with two attached hydrogens (primary N) is 1. The first-order valence-corrected chi connectivity index (χ1v) is 7.23. The first-order valence-electron chi connectivity index (χ1n) is 5.40. The van der Waals surface area contributed by atoms with Crippen LogP contribution in [0.25, 0.3) is 0 Å². The second-order valence-corrected chi connectivity index (χ2v) is 6.10. The van der Waals surface area contributed by atoms with Gasteiger partial charge in [-0.05, 0) is 24.3 Å². The van der Waals surface area contributed by atoms with Crippen LogP contribution in [0.2, 0.25) is 0 Å². The third-order valence-electron chi connectivity index (χ3n) is 2.20. The fraction of sp³-hybridized carbons (Fsp3) is 0.455. The summed E-state index contributed by atoms with van der Waals surface area (Å²) in [6, 6.07) is 6.59. The molecule has 18 heavy (non-hydrogen) atoms. The fourth-order valence-electron chi connectivity index (χ4n) is 1.28. The van der Waals surface area contributed by atoms with Crippen LogP contribution in [0.5, 0.6) is 5.75 Å². The molecule has 0 saturated carbocycles. The summed E-state index contributed by atoms with van der Waals surface area (Å²) in [6.07, 6.45) is -1.24. The number of anilines is 1. The van der Waals surface area contributed by atoms with Crippen molar-refractivity contribution in [3.05, 3.63) is 24.3 Å². The van der Waals surface area contributed by atoms with E-state index in [1.54, 1.807) is 24.3 Å². The molecule has 0 bridgehead atoms. The monoisotopic (exact) mass is 275 g/mol. The van der Waals surface area contributed by atoms with Gasteiger partial charge >= 0.3 is 0 Å². The van der Waals surface area contributed by atoms with Crippen molar-refractivity contribution in [3.8, 4) is 5.75 Å². The molecule has 0 fully saturated rings. The van der Waals surface area contributed by atoms with E-state index in [0.29, 0.717) is 11.4 Å². The molecular weight excluding hydrogens is 258 g/mol. The molecule has 0 spiro atoms. The lowest BCUT2D eigenvalue weighted by molar-refractivity contribution is 0.112. The van der Waals surface area contributed by atoms with E-state index in [1.807, 2.05) is 0 Å². The van der Waals surface area contributed by atoms with Gasteiger partial charge < -0.3 is 20.7 Å². The maximum absolute atomic E-state index is 11.5. The van der Waals surface area contributed by atoms with Crippen LogP contribution in [-0.4, -0.2) is 49.5 Å². The van der Waals surface area contributed by atoms with Crippen molar-refractivity contribution in [2.45, 2.75) is 6.10 Å². The third kappa shape index (κ3) is 5.35. The highest BCUT2D eigenvalue weighted by molar-refractivity contribution is 7.91. The Hall–Kier alpha value is -1.31. The number of rotatable bonds is 7. The van der Waals surface area contributed by atoms with Crippen LogP contribution in [0.1, 0.15) is 0 Å². The average Bonchev–Trinajstić information content (AvgIpc) is 2.31. The molecule has 1 aromatic carbocycles. The van der Waals surface area contributed by atoms with Crippen molar-refractivity contribution in [1.82, 2.24) is 0 Å². The minimum Gasteiger partial charge on any atom is -0.493 e. The van der Waals surface area contributed by atoms with Crippen molar-refractivity contribution >= 4 is 15.5 Å². The van der Waals surface area contributed by atoms with Crippen molar-refractivity contribution in [1.29, 1.82) is 0 Å². The van der Waals surface area contributed by atoms with Crippen LogP contribution in [0, 0.1) is 0 Å². The quantitative estimate of drug-likeness (QED) is 0.574. The summed E-state index contributed by atoms with van der Waals surface area (Å²) < 4.78 is 28.2. The summed E-state index contributed by atoms with van der Waals surface area (Å²) in [5, 5.41) is 17.6. The lowest BCUT2D eigenvalue weighted by Gasteiger charge is -2.09. The number of aliphatic hydroxyl groups is 2. The van der Waals surface area contributed by atoms with Gasteiger partial charge in [-0.3, -0.25) is 0 Å². The van der Waals surface area contributed by atoms with Gasteiger partial charge in [0.15, 0.2) is 9.84 Å². The summed E-state index contributed by atoms with van der Waals surface area (Å²) in [6.45, 7) is -0.581. The molecule has 0 aromatic heterocycles. The fourth-order valence-corrected chi connectivity index (χ4v) is 2.48. The number of hydrogen-bond donors (Lipinski definition) is 3. The van der Waals surface area contributed by atoms with E-state index in [4.69, 9.17) is 20.7 Å². The van der Waals surface area contributed by atoms with Gasteiger partial charge in [-0.2, -0.15) is 0 Å². The SMILES string of the molecule is Nc1ccc(OCCS(=O)(=O)CC(O)CO)cc1. The van der Waals surface area contributed by atoms with Gasteiger partial charge in [-0.15, -0.1) is 0 Å². The summed E-state index contributed by atoms with van der Waals surface area (Å²) in [5.74, 6) is -0.148. The highest BCUT2D eigenvalue weighted by Gasteiger charge is 2.16. The van der Waals surface area contributed by atoms with E-state index in [2.05, 4.69) is 0 Å². The largest absolute Gasteiger partial charge is 0.493 e. The highest BCUT2D eigenvalue weighted by atomic mass is 32.2. The molecule has 102 valence electrons. The van der Waals surface area contributed by atoms with Crippen LogP contribution in [0.3, 0.4) is 0 Å². The molecule has 0 amide bonds. The van der Waals surface area contributed by atoms with Crippen LogP contribution in [-0.2, 0) is 9.84 Å². The van der Waals surface area contributed by atoms with Gasteiger partial charge in [-0.25, -0.2) is 8.42 Å². The van der Waals surface area contributed by atoms with Gasteiger partial charge in [0.1, 0.15) is 12.4 Å². The van der Waals surface area contributed by atoms with Gasteiger partial charge in [-0.1, -0.05) is 0 Å². The van der Waals surface area contributed by atoms with Crippen LogP contribution in [0.4, 0.5) is 5.69 Å². The zero-order chi connectivity index (χ0) is 13.6. The molecule has 0 saturated heterocycles. The third-order valence-corrected chi connectivity index (χ3v) is 3.88. The van der Waals surface area contributed by atoms with E-state index in [9.17, 15) is 8.42 Å². The molecule has 0 aliphatic heterocycles. The van der Waals surface area contributed by atoms with Crippen LogP contribution >= 0.6 is 0 Å². The maximum Gasteiger partial charge on any atom is 0.156 e. The molecular formula is C11H17NO5S. The molecule has 6 nitrogen and oxygen atoms in total. The standard InChI is InChI=1S/C11H17NO5S/c12-9-1-3-11(4-2-9)17-5-6-18(15,16)8-10(14)7-13/h1-4,10,13-14H,5-8,12H2. The van der Waals surface area contributed by atoms with Gasteiger partial charge in [0.2, 0.25) is 0 Å². The molecule has 0 aliphatic rings. The maximum atomic E-state index is 11.5. The highest BCUT2D eigenvalue weighted by Crippen LogP contribution is 2.13. The smallest absolute Gasteiger partial charge is 0.156 e. The molecule has 0 aliphatic carbocycles. The molecule has 1 rings (SSSR count). The van der Waals surface area contributed by atoms with Gasteiger partial charge in [0.05, 0.1) is 24.2 Å². The lowest BCUT2D eigenvalue weighted by Crippen LogP contribution is -2.27. The Bertz CT molecular complexity index is 457. The Morgan fingerprint density at radius 1 is 1.28 bits per heavy atom. The zero-order valence-corrected chi connectivity index (χ0v) is 10.6. The molecule has 0 radical (unpaired) electrons. The Labute approximate surface area is 106 Å². The number of benzene rings is 1. The minimum atomic E-state index is -3.43. The number of nitrogen functional groups attached to an aromatic ring is 1. The minimum absolute atomic E-state index is 0.00952. The summed E-state index contributed by atoms with van der Waals surface area (Å²) >= 11 is 0. The van der Waals surface area contributed by atoms with Crippen molar-refractivity contribution in [2.75, 3.05) is 30.5 Å². The summed E-state index contributed by atoms with van der Waals surface area (Å²) in [4.78, 5) is 0. The van der Waals surface area contributed by atoms with Crippen LogP contribution < -0.4 is 10.5 Å². The second kappa shape index (κ2) is 6.58. The van der Waals surface area contributed by atoms with Crippen molar-refractivity contribution in [3.63, 3.8) is 0 Å². The Kier molecular flexibility index (Phi) is 5.39. The predicted molar refractivity (Wildman–Crippen MR) is 68.1 cm³/mol. The molecule has 4 N–H and O–H groups in total. The van der Waals surface area contributed by atoms with Crippen molar-refractivity contribution in [2.24, 2.45) is 0 Å². The zero-order valence-electron chi connectivity index (χ0n) is 9.82. The van der Waals surface area contributed by atoms with E-state index in [1.165, 1.54) is 0 Å².